The van der Waals surface area contributed by atoms with E-state index in [0.29, 0.717) is 42.0 Å². The van der Waals surface area contributed by atoms with Gasteiger partial charge in [0.1, 0.15) is 5.60 Å². The molecule has 0 unspecified atom stereocenters. The summed E-state index contributed by atoms with van der Waals surface area (Å²) in [4.78, 5) is 25.2. The average Bonchev–Trinajstić information content (AvgIpc) is 2.75. The van der Waals surface area contributed by atoms with E-state index in [0.717, 1.165) is 0 Å². The number of alkyl carbamates (subject to hydrolysis) is 1. The smallest absolute Gasteiger partial charge is 0.417 e. The molecule has 1 aromatic carbocycles. The zero-order valence-electron chi connectivity index (χ0n) is 13.5. The Morgan fingerprint density at radius 3 is 2.78 bits per heavy atom. The minimum absolute atomic E-state index is 0.421. The van der Waals surface area contributed by atoms with Gasteiger partial charge in [-0.15, -0.1) is 0 Å². The Hall–Kier alpha value is -2.64. The largest absolute Gasteiger partial charge is 0.444 e. The summed E-state index contributed by atoms with van der Waals surface area (Å²) in [6.07, 6.45) is 0.257. The van der Waals surface area contributed by atoms with Gasteiger partial charge in [-0.1, -0.05) is 0 Å². The lowest BCUT2D eigenvalue weighted by atomic mass is 10.2. The highest BCUT2D eigenvalue weighted by molar-refractivity contribution is 5.85. The van der Waals surface area contributed by atoms with Crippen LogP contribution in [0, 0.1) is 0 Å². The minimum atomic E-state index is -0.516. The zero-order chi connectivity index (χ0) is 17.0. The minimum Gasteiger partial charge on any atom is -0.444 e. The number of nitrogen functional groups attached to an aromatic ring is 1. The van der Waals surface area contributed by atoms with Gasteiger partial charge in [0.05, 0.1) is 16.9 Å². The Morgan fingerprint density at radius 1 is 1.35 bits per heavy atom. The number of rotatable bonds is 5. The summed E-state index contributed by atoms with van der Waals surface area (Å²) in [6, 6.07) is 3.31. The number of nitrogens with two attached hydrogens (primary N) is 1. The number of carbonyl (C=O) groups is 1. The molecule has 2 aromatic rings. The van der Waals surface area contributed by atoms with E-state index in [1.54, 1.807) is 12.1 Å². The third kappa shape index (κ3) is 4.94. The molecule has 2 rings (SSSR count). The highest BCUT2D eigenvalue weighted by Crippen LogP contribution is 2.24. The summed E-state index contributed by atoms with van der Waals surface area (Å²) in [6.45, 7) is 6.52. The van der Waals surface area contributed by atoms with E-state index in [1.807, 2.05) is 20.8 Å². The predicted molar refractivity (Wildman–Crippen MR) is 88.6 cm³/mol. The molecule has 8 nitrogen and oxygen atoms in total. The molecule has 5 N–H and O–H groups in total. The van der Waals surface area contributed by atoms with Crippen molar-refractivity contribution < 1.29 is 13.9 Å². The van der Waals surface area contributed by atoms with Gasteiger partial charge in [-0.05, 0) is 33.3 Å². The topological polar surface area (TPSA) is 122 Å². The molecule has 0 radical (unpaired) electrons. The molecular formula is C15H22N4O4. The second-order valence-electron chi connectivity index (χ2n) is 6.16. The number of carbonyl (C=O) groups excluding carboxylic acids is 1. The summed E-state index contributed by atoms with van der Waals surface area (Å²) in [7, 11) is 0. The fourth-order valence-corrected chi connectivity index (χ4v) is 1.98. The number of ether oxygens (including phenoxy) is 1. The van der Waals surface area contributed by atoms with E-state index in [4.69, 9.17) is 14.9 Å². The molecule has 0 fully saturated rings. The Kier molecular flexibility index (Phi) is 4.83. The molecular weight excluding hydrogens is 300 g/mol. The Morgan fingerprint density at radius 2 is 2.09 bits per heavy atom. The fraction of sp³-hybridized carbons (Fsp3) is 0.467. The highest BCUT2D eigenvalue weighted by atomic mass is 16.6. The Bertz CT molecular complexity index is 742. The first-order valence-electron chi connectivity index (χ1n) is 7.38. The number of oxazole rings is 1. The standard InChI is InChI=1S/C15H22N4O4/c1-15(2,3)23-13(20)18-6-4-5-17-10-8-11-12(7-9(10)16)22-14(21)19-11/h7-8,17H,4-6,16H2,1-3H3,(H,18,20)(H,19,21). The van der Waals surface area contributed by atoms with Gasteiger partial charge in [0.2, 0.25) is 0 Å². The van der Waals surface area contributed by atoms with Crippen molar-refractivity contribution in [3.8, 4) is 0 Å². The zero-order valence-corrected chi connectivity index (χ0v) is 13.5. The van der Waals surface area contributed by atoms with Crippen LogP contribution in [-0.4, -0.2) is 29.8 Å². The summed E-state index contributed by atoms with van der Waals surface area (Å²) < 4.78 is 10.1. The van der Waals surface area contributed by atoms with Gasteiger partial charge in [-0.2, -0.15) is 0 Å². The molecule has 0 saturated carbocycles. The maximum atomic E-state index is 11.5. The summed E-state index contributed by atoms with van der Waals surface area (Å²) >= 11 is 0. The number of fused-ring (bicyclic) bond motifs is 1. The lowest BCUT2D eigenvalue weighted by Crippen LogP contribution is -2.33. The van der Waals surface area contributed by atoms with E-state index >= 15 is 0 Å². The number of benzene rings is 1. The number of amides is 1. The van der Waals surface area contributed by atoms with Gasteiger partial charge in [0.25, 0.3) is 0 Å². The van der Waals surface area contributed by atoms with Gasteiger partial charge in [0.15, 0.2) is 5.58 Å². The first kappa shape index (κ1) is 16.7. The maximum absolute atomic E-state index is 11.5. The van der Waals surface area contributed by atoms with Crippen LogP contribution in [-0.2, 0) is 4.74 Å². The maximum Gasteiger partial charge on any atom is 0.417 e. The van der Waals surface area contributed by atoms with Crippen molar-refractivity contribution in [2.24, 2.45) is 0 Å². The molecule has 0 aliphatic carbocycles. The molecule has 0 spiro atoms. The SMILES string of the molecule is CC(C)(C)OC(=O)NCCCNc1cc2[nH]c(=O)oc2cc1N. The number of H-pyrrole nitrogens is 1. The molecule has 0 aliphatic rings. The van der Waals surface area contributed by atoms with Crippen molar-refractivity contribution in [2.75, 3.05) is 24.1 Å². The number of aromatic amines is 1. The van der Waals surface area contributed by atoms with Crippen molar-refractivity contribution in [3.63, 3.8) is 0 Å². The molecule has 1 amide bonds. The van der Waals surface area contributed by atoms with Crippen molar-refractivity contribution in [1.29, 1.82) is 0 Å². The van der Waals surface area contributed by atoms with Gasteiger partial charge in [0, 0.05) is 19.2 Å². The first-order chi connectivity index (χ1) is 10.7. The van der Waals surface area contributed by atoms with Gasteiger partial charge in [-0.25, -0.2) is 9.59 Å². The molecule has 1 aromatic heterocycles. The third-order valence-electron chi connectivity index (χ3n) is 2.93. The lowest BCUT2D eigenvalue weighted by Gasteiger charge is -2.19. The number of hydrogen-bond acceptors (Lipinski definition) is 6. The molecule has 126 valence electrons. The number of nitrogens with one attached hydrogen (secondary N) is 3. The van der Waals surface area contributed by atoms with Crippen LogP contribution < -0.4 is 22.1 Å². The first-order valence-corrected chi connectivity index (χ1v) is 7.38. The van der Waals surface area contributed by atoms with E-state index in [-0.39, 0.29) is 0 Å². The van der Waals surface area contributed by atoms with Crippen molar-refractivity contribution in [2.45, 2.75) is 32.8 Å². The lowest BCUT2D eigenvalue weighted by molar-refractivity contribution is 0.0528. The summed E-state index contributed by atoms with van der Waals surface area (Å²) in [5, 5.41) is 5.83. The Balaban J connectivity index is 1.79. The molecule has 8 heteroatoms. The molecule has 0 bridgehead atoms. The van der Waals surface area contributed by atoms with E-state index in [2.05, 4.69) is 15.6 Å². The van der Waals surface area contributed by atoms with Crippen LogP contribution in [0.25, 0.3) is 11.1 Å². The molecule has 0 atom stereocenters. The van der Waals surface area contributed by atoms with E-state index < -0.39 is 17.5 Å². The van der Waals surface area contributed by atoms with Gasteiger partial charge >= 0.3 is 11.8 Å². The van der Waals surface area contributed by atoms with Crippen LogP contribution in [0.1, 0.15) is 27.2 Å². The quantitative estimate of drug-likeness (QED) is 0.493. The number of aromatic nitrogens is 1. The fourth-order valence-electron chi connectivity index (χ4n) is 1.98. The van der Waals surface area contributed by atoms with Crippen molar-refractivity contribution in [1.82, 2.24) is 10.3 Å². The third-order valence-corrected chi connectivity index (χ3v) is 2.93. The second kappa shape index (κ2) is 6.64. The van der Waals surface area contributed by atoms with Crippen LogP contribution >= 0.6 is 0 Å². The molecule has 1 heterocycles. The average molecular weight is 322 g/mol. The number of anilines is 2. The van der Waals surface area contributed by atoms with E-state index in [9.17, 15) is 9.59 Å². The molecule has 0 saturated heterocycles. The summed E-state index contributed by atoms with van der Waals surface area (Å²) in [5.41, 5.74) is 7.58. The van der Waals surface area contributed by atoms with Gasteiger partial charge < -0.3 is 25.5 Å². The van der Waals surface area contributed by atoms with Crippen LogP contribution in [0.5, 0.6) is 0 Å². The van der Waals surface area contributed by atoms with Crippen LogP contribution in [0.15, 0.2) is 21.3 Å². The van der Waals surface area contributed by atoms with Crippen LogP contribution in [0.2, 0.25) is 0 Å². The molecule has 23 heavy (non-hydrogen) atoms. The van der Waals surface area contributed by atoms with Crippen LogP contribution in [0.4, 0.5) is 16.2 Å². The van der Waals surface area contributed by atoms with Gasteiger partial charge in [-0.3, -0.25) is 4.98 Å². The predicted octanol–water partition coefficient (Wildman–Crippen LogP) is 2.03. The van der Waals surface area contributed by atoms with Crippen molar-refractivity contribution >= 4 is 28.6 Å². The van der Waals surface area contributed by atoms with Crippen LogP contribution in [0.3, 0.4) is 0 Å². The summed E-state index contributed by atoms with van der Waals surface area (Å²) in [5.74, 6) is -0.516. The van der Waals surface area contributed by atoms with Crippen molar-refractivity contribution in [3.05, 3.63) is 22.7 Å². The highest BCUT2D eigenvalue weighted by Gasteiger charge is 2.15. The number of hydrogen-bond donors (Lipinski definition) is 4. The normalized spacial score (nSPS) is 11.4. The van der Waals surface area contributed by atoms with E-state index in [1.165, 1.54) is 0 Å². The molecule has 0 aliphatic heterocycles. The Labute approximate surface area is 133 Å². The monoisotopic (exact) mass is 322 g/mol. The second-order valence-corrected chi connectivity index (χ2v) is 6.16.